The van der Waals surface area contributed by atoms with Gasteiger partial charge in [0.05, 0.1) is 18.1 Å². The third-order valence-corrected chi connectivity index (χ3v) is 4.05. The van der Waals surface area contributed by atoms with Crippen LogP contribution in [0.4, 0.5) is 5.82 Å². The number of hydrogen-bond acceptors (Lipinski definition) is 5. The number of benzene rings is 1. The smallest absolute Gasteiger partial charge is 0.328 e. The zero-order valence-corrected chi connectivity index (χ0v) is 16.1. The number of nitrogens with zero attached hydrogens (tertiary/aromatic N) is 2. The van der Waals surface area contributed by atoms with E-state index in [1.807, 2.05) is 30.3 Å². The van der Waals surface area contributed by atoms with E-state index in [0.717, 1.165) is 18.1 Å². The highest BCUT2D eigenvalue weighted by molar-refractivity contribution is 5.85. The molecule has 148 valence electrons. The van der Waals surface area contributed by atoms with E-state index in [0.29, 0.717) is 30.4 Å². The molecule has 7 heteroatoms. The molecule has 1 aromatic heterocycles. The molecule has 1 atom stereocenters. The first-order valence-electron chi connectivity index (χ1n) is 9.25. The van der Waals surface area contributed by atoms with Crippen LogP contribution >= 0.6 is 0 Å². The Labute approximate surface area is 164 Å². The summed E-state index contributed by atoms with van der Waals surface area (Å²) in [5, 5.41) is 14.8. The molecule has 28 heavy (non-hydrogen) atoms. The monoisotopic (exact) mass is 382 g/mol. The summed E-state index contributed by atoms with van der Waals surface area (Å²) in [6.07, 6.45) is 6.88. The molecule has 2 rings (SSSR count). The normalized spacial score (nSPS) is 12.1. The third kappa shape index (κ3) is 7.57. The molecule has 1 aromatic carbocycles. The molecule has 0 saturated carbocycles. The lowest BCUT2D eigenvalue weighted by Gasteiger charge is -2.20. The summed E-state index contributed by atoms with van der Waals surface area (Å²) >= 11 is 0. The van der Waals surface area contributed by atoms with Crippen LogP contribution in [-0.2, 0) is 16.1 Å². The van der Waals surface area contributed by atoms with Crippen LogP contribution in [0.1, 0.15) is 37.9 Å². The number of aromatic nitrogens is 2. The lowest BCUT2D eigenvalue weighted by molar-refractivity contribution is -0.131. The highest BCUT2D eigenvalue weighted by Gasteiger charge is 2.19. The first kappa shape index (κ1) is 21.1. The van der Waals surface area contributed by atoms with Gasteiger partial charge in [-0.1, -0.05) is 44.2 Å². The Balaban J connectivity index is 2.01. The van der Waals surface area contributed by atoms with Crippen LogP contribution in [0.5, 0.6) is 0 Å². The Morgan fingerprint density at radius 2 is 1.86 bits per heavy atom. The van der Waals surface area contributed by atoms with Crippen molar-refractivity contribution >= 4 is 23.8 Å². The van der Waals surface area contributed by atoms with Crippen LogP contribution in [0.15, 0.2) is 48.8 Å². The van der Waals surface area contributed by atoms with Gasteiger partial charge in [-0.25, -0.2) is 9.78 Å². The molecule has 0 aliphatic rings. The van der Waals surface area contributed by atoms with E-state index in [1.165, 1.54) is 18.5 Å². The molecule has 1 amide bonds. The predicted octanol–water partition coefficient (Wildman–Crippen LogP) is 3.11. The first-order valence-corrected chi connectivity index (χ1v) is 9.25. The predicted molar refractivity (Wildman–Crippen MR) is 108 cm³/mol. The summed E-state index contributed by atoms with van der Waals surface area (Å²) in [7, 11) is 0. The maximum atomic E-state index is 12.7. The quantitative estimate of drug-likeness (QED) is 0.546. The van der Waals surface area contributed by atoms with Crippen molar-refractivity contribution in [1.82, 2.24) is 15.3 Å². The summed E-state index contributed by atoms with van der Waals surface area (Å²) < 4.78 is 0. The highest BCUT2D eigenvalue weighted by atomic mass is 16.4. The first-order chi connectivity index (χ1) is 13.4. The molecule has 0 unspecified atom stereocenters. The number of carbonyl (C=O) groups excluding carboxylic acids is 1. The lowest BCUT2D eigenvalue weighted by atomic mass is 10.0. The van der Waals surface area contributed by atoms with E-state index in [2.05, 4.69) is 34.4 Å². The van der Waals surface area contributed by atoms with Crippen LogP contribution < -0.4 is 10.6 Å². The van der Waals surface area contributed by atoms with Crippen molar-refractivity contribution in [2.75, 3.05) is 5.32 Å². The lowest BCUT2D eigenvalue weighted by Crippen LogP contribution is -2.39. The van der Waals surface area contributed by atoms with Gasteiger partial charge < -0.3 is 15.7 Å². The molecule has 1 heterocycles. The van der Waals surface area contributed by atoms with E-state index < -0.39 is 12.0 Å². The van der Waals surface area contributed by atoms with Crippen molar-refractivity contribution in [2.24, 2.45) is 5.92 Å². The molecule has 3 N–H and O–H groups in total. The fraction of sp³-hybridized carbons (Fsp3) is 0.333. The van der Waals surface area contributed by atoms with Crippen LogP contribution in [-0.4, -0.2) is 33.0 Å². The SMILES string of the molecule is CC(C)CC[C@@H](Nc1cnc(C=CC(=O)O)cn1)C(=O)NCc1ccccc1. The third-order valence-electron chi connectivity index (χ3n) is 4.05. The van der Waals surface area contributed by atoms with Gasteiger partial charge in [0, 0.05) is 12.6 Å². The summed E-state index contributed by atoms with van der Waals surface area (Å²) in [5.74, 6) is -0.203. The molecule has 0 aliphatic carbocycles. The molecule has 0 fully saturated rings. The minimum absolute atomic E-state index is 0.0962. The minimum atomic E-state index is -1.05. The van der Waals surface area contributed by atoms with Gasteiger partial charge in [-0.05, 0) is 30.4 Å². The number of carbonyl (C=O) groups is 2. The number of carboxylic acids is 1. The summed E-state index contributed by atoms with van der Waals surface area (Å²) in [6.45, 7) is 4.69. The van der Waals surface area contributed by atoms with E-state index in [1.54, 1.807) is 0 Å². The van der Waals surface area contributed by atoms with Crippen molar-refractivity contribution in [3.63, 3.8) is 0 Å². The van der Waals surface area contributed by atoms with E-state index >= 15 is 0 Å². The van der Waals surface area contributed by atoms with Gasteiger partial charge in [-0.2, -0.15) is 0 Å². The zero-order valence-electron chi connectivity index (χ0n) is 16.1. The van der Waals surface area contributed by atoms with Crippen molar-refractivity contribution in [1.29, 1.82) is 0 Å². The van der Waals surface area contributed by atoms with Gasteiger partial charge in [-0.15, -0.1) is 0 Å². The number of amides is 1. The van der Waals surface area contributed by atoms with Gasteiger partial charge in [0.1, 0.15) is 11.9 Å². The van der Waals surface area contributed by atoms with Crippen LogP contribution in [0.25, 0.3) is 6.08 Å². The minimum Gasteiger partial charge on any atom is -0.478 e. The zero-order chi connectivity index (χ0) is 20.4. The molecular weight excluding hydrogens is 356 g/mol. The number of carboxylic acid groups (broad SMARTS) is 1. The second-order valence-electron chi connectivity index (χ2n) is 6.87. The van der Waals surface area contributed by atoms with Gasteiger partial charge in [0.2, 0.25) is 5.91 Å². The summed E-state index contributed by atoms with van der Waals surface area (Å²) in [5.41, 5.74) is 1.47. The van der Waals surface area contributed by atoms with E-state index in [9.17, 15) is 9.59 Å². The van der Waals surface area contributed by atoms with Crippen molar-refractivity contribution < 1.29 is 14.7 Å². The average Bonchev–Trinajstić information content (AvgIpc) is 2.69. The summed E-state index contributed by atoms with van der Waals surface area (Å²) in [6, 6.07) is 9.31. The number of hydrogen-bond donors (Lipinski definition) is 3. The van der Waals surface area contributed by atoms with Crippen LogP contribution in [0.3, 0.4) is 0 Å². The number of anilines is 1. The maximum absolute atomic E-state index is 12.7. The largest absolute Gasteiger partial charge is 0.478 e. The molecule has 0 saturated heterocycles. The maximum Gasteiger partial charge on any atom is 0.328 e. The van der Waals surface area contributed by atoms with Crippen LogP contribution in [0, 0.1) is 5.92 Å². The Kier molecular flexibility index (Phi) is 8.14. The van der Waals surface area contributed by atoms with Crippen molar-refractivity contribution in [3.05, 3.63) is 60.1 Å². The van der Waals surface area contributed by atoms with Crippen LogP contribution in [0.2, 0.25) is 0 Å². The fourth-order valence-electron chi connectivity index (χ4n) is 2.51. The number of rotatable bonds is 10. The Morgan fingerprint density at radius 1 is 1.11 bits per heavy atom. The average molecular weight is 382 g/mol. The second-order valence-corrected chi connectivity index (χ2v) is 6.87. The van der Waals surface area contributed by atoms with E-state index in [-0.39, 0.29) is 5.91 Å². The molecule has 0 bridgehead atoms. The number of aliphatic carboxylic acids is 1. The standard InChI is InChI=1S/C21H26N4O3/c1-15(2)8-10-18(21(28)24-12-16-6-4-3-5-7-16)25-19-14-22-17(13-23-19)9-11-20(26)27/h3-7,9,11,13-15,18H,8,10,12H2,1-2H3,(H,23,25)(H,24,28)(H,26,27)/t18-/m1/s1. The molecule has 0 spiro atoms. The Bertz CT molecular complexity index is 789. The van der Waals surface area contributed by atoms with E-state index in [4.69, 9.17) is 5.11 Å². The molecule has 2 aromatic rings. The second kappa shape index (κ2) is 10.8. The van der Waals surface area contributed by atoms with Gasteiger partial charge >= 0.3 is 5.97 Å². The van der Waals surface area contributed by atoms with Gasteiger partial charge in [0.15, 0.2) is 0 Å². The van der Waals surface area contributed by atoms with Crippen molar-refractivity contribution in [2.45, 2.75) is 39.3 Å². The Hall–Kier alpha value is -3.22. The van der Waals surface area contributed by atoms with Gasteiger partial charge in [-0.3, -0.25) is 9.78 Å². The molecular formula is C21H26N4O3. The fourth-order valence-corrected chi connectivity index (χ4v) is 2.51. The van der Waals surface area contributed by atoms with Gasteiger partial charge in [0.25, 0.3) is 0 Å². The molecule has 7 nitrogen and oxygen atoms in total. The number of nitrogens with one attached hydrogen (secondary N) is 2. The topological polar surface area (TPSA) is 104 Å². The molecule has 0 radical (unpaired) electrons. The molecule has 0 aliphatic heterocycles. The highest BCUT2D eigenvalue weighted by Crippen LogP contribution is 2.12. The van der Waals surface area contributed by atoms with Crippen molar-refractivity contribution in [3.8, 4) is 0 Å². The summed E-state index contributed by atoms with van der Waals surface area (Å²) in [4.78, 5) is 31.6. The Morgan fingerprint density at radius 3 is 2.46 bits per heavy atom.